The molecule has 1 aromatic carbocycles. The summed E-state index contributed by atoms with van der Waals surface area (Å²) in [4.78, 5) is 2.33. The van der Waals surface area contributed by atoms with Gasteiger partial charge in [-0.3, -0.25) is 0 Å². The van der Waals surface area contributed by atoms with E-state index in [9.17, 15) is 4.39 Å². The molecule has 0 aliphatic heterocycles. The zero-order valence-corrected chi connectivity index (χ0v) is 12.0. The quantitative estimate of drug-likeness (QED) is 0.634. The molecule has 1 aliphatic rings. The average molecular weight is 349 g/mol. The van der Waals surface area contributed by atoms with Gasteiger partial charge in [0.2, 0.25) is 0 Å². The molecule has 0 unspecified atom stereocenters. The second-order valence-electron chi connectivity index (χ2n) is 4.49. The van der Waals surface area contributed by atoms with Crippen molar-refractivity contribution in [1.29, 1.82) is 0 Å². The van der Waals surface area contributed by atoms with Crippen LogP contribution in [0.25, 0.3) is 0 Å². The fourth-order valence-corrected chi connectivity index (χ4v) is 2.27. The number of nitrogen functional groups attached to an aromatic ring is 1. The van der Waals surface area contributed by atoms with E-state index >= 15 is 0 Å². The number of benzene rings is 1. The first-order valence-electron chi connectivity index (χ1n) is 5.76. The molecule has 3 nitrogen and oxygen atoms in total. The van der Waals surface area contributed by atoms with E-state index in [-0.39, 0.29) is 5.82 Å². The van der Waals surface area contributed by atoms with Crippen LogP contribution in [0.15, 0.2) is 12.1 Å². The lowest BCUT2D eigenvalue weighted by Crippen LogP contribution is -2.27. The monoisotopic (exact) mass is 349 g/mol. The molecular weight excluding hydrogens is 332 g/mol. The van der Waals surface area contributed by atoms with Crippen LogP contribution < -0.4 is 11.1 Å². The number of hydrogen-bond donors (Lipinski definition) is 2. The lowest BCUT2D eigenvalue weighted by molar-refractivity contribution is 0.337. The summed E-state index contributed by atoms with van der Waals surface area (Å²) in [5.41, 5.74) is 7.12. The van der Waals surface area contributed by atoms with Gasteiger partial charge in [0.05, 0.1) is 14.9 Å². The molecule has 1 aliphatic carbocycles. The van der Waals surface area contributed by atoms with Crippen molar-refractivity contribution < 1.29 is 4.39 Å². The highest BCUT2D eigenvalue weighted by molar-refractivity contribution is 14.1. The molecule has 1 aromatic rings. The van der Waals surface area contributed by atoms with Crippen molar-refractivity contribution in [3.05, 3.63) is 21.5 Å². The molecule has 17 heavy (non-hydrogen) atoms. The van der Waals surface area contributed by atoms with Crippen LogP contribution in [-0.2, 0) is 0 Å². The number of hydrogen-bond acceptors (Lipinski definition) is 3. The lowest BCUT2D eigenvalue weighted by Gasteiger charge is -2.17. The molecule has 94 valence electrons. The molecule has 0 saturated heterocycles. The van der Waals surface area contributed by atoms with Gasteiger partial charge in [0.25, 0.3) is 0 Å². The summed E-state index contributed by atoms with van der Waals surface area (Å²) in [6, 6.07) is 3.87. The summed E-state index contributed by atoms with van der Waals surface area (Å²) in [7, 11) is 2.12. The topological polar surface area (TPSA) is 41.3 Å². The molecule has 2 rings (SSSR count). The van der Waals surface area contributed by atoms with Gasteiger partial charge in [-0.2, -0.15) is 0 Å². The Kier molecular flexibility index (Phi) is 4.09. The van der Waals surface area contributed by atoms with Gasteiger partial charge in [0, 0.05) is 25.2 Å². The van der Waals surface area contributed by atoms with E-state index in [4.69, 9.17) is 5.73 Å². The second-order valence-corrected chi connectivity index (χ2v) is 5.65. The van der Waals surface area contributed by atoms with Gasteiger partial charge < -0.3 is 16.0 Å². The minimum absolute atomic E-state index is 0.224. The highest BCUT2D eigenvalue weighted by atomic mass is 127. The maximum Gasteiger partial charge on any atom is 0.138 e. The smallest absolute Gasteiger partial charge is 0.138 e. The molecule has 0 atom stereocenters. The van der Waals surface area contributed by atoms with Crippen LogP contribution in [0, 0.1) is 9.39 Å². The molecule has 0 spiro atoms. The van der Waals surface area contributed by atoms with Crippen molar-refractivity contribution in [3.8, 4) is 0 Å². The number of rotatable bonds is 5. The van der Waals surface area contributed by atoms with Gasteiger partial charge in [0.15, 0.2) is 0 Å². The highest BCUT2D eigenvalue weighted by Gasteiger charge is 2.25. The standard InChI is InChI=1S/C12H17FIN3/c1-17(8-2-3-8)5-4-16-12-6-9(13)10(14)7-11(12)15/h6-8,16H,2-5,15H2,1H3. The SMILES string of the molecule is CN(CCNc1cc(F)c(I)cc1N)C1CC1. The Hall–Kier alpha value is -0.560. The van der Waals surface area contributed by atoms with Crippen LogP contribution in [0.4, 0.5) is 15.8 Å². The van der Waals surface area contributed by atoms with Crippen LogP contribution >= 0.6 is 22.6 Å². The average Bonchev–Trinajstić information content (AvgIpc) is 3.09. The first-order valence-corrected chi connectivity index (χ1v) is 6.84. The van der Waals surface area contributed by atoms with E-state index < -0.39 is 0 Å². The zero-order valence-electron chi connectivity index (χ0n) is 9.84. The Bertz CT molecular complexity index is 407. The Morgan fingerprint density at radius 1 is 1.53 bits per heavy atom. The third-order valence-corrected chi connectivity index (χ3v) is 3.87. The fraction of sp³-hybridized carbons (Fsp3) is 0.500. The van der Waals surface area contributed by atoms with Gasteiger partial charge in [-0.1, -0.05) is 0 Å². The fourth-order valence-electron chi connectivity index (χ4n) is 1.78. The molecule has 0 amide bonds. The van der Waals surface area contributed by atoms with Crippen molar-refractivity contribution in [2.75, 3.05) is 31.2 Å². The summed E-state index contributed by atoms with van der Waals surface area (Å²) in [5, 5.41) is 3.18. The van der Waals surface area contributed by atoms with Crippen molar-refractivity contribution in [3.63, 3.8) is 0 Å². The third kappa shape index (κ3) is 3.45. The number of nitrogens with two attached hydrogens (primary N) is 1. The number of anilines is 2. The molecule has 5 heteroatoms. The molecule has 1 fully saturated rings. The Balaban J connectivity index is 1.87. The Morgan fingerprint density at radius 3 is 2.88 bits per heavy atom. The number of likely N-dealkylation sites (N-methyl/N-ethyl adjacent to an activating group) is 1. The minimum atomic E-state index is -0.224. The van der Waals surface area contributed by atoms with E-state index in [1.54, 1.807) is 6.07 Å². The molecule has 3 N–H and O–H groups in total. The molecule has 0 heterocycles. The molecule has 0 bridgehead atoms. The molecular formula is C12H17FIN3. The molecule has 0 radical (unpaired) electrons. The van der Waals surface area contributed by atoms with Crippen LogP contribution in [-0.4, -0.2) is 31.1 Å². The summed E-state index contributed by atoms with van der Waals surface area (Å²) < 4.78 is 13.9. The maximum absolute atomic E-state index is 13.4. The first-order chi connectivity index (χ1) is 8.08. The summed E-state index contributed by atoms with van der Waals surface area (Å²) in [6.07, 6.45) is 2.60. The Labute approximate surface area is 115 Å². The van der Waals surface area contributed by atoms with Gasteiger partial charge in [-0.05, 0) is 48.5 Å². The summed E-state index contributed by atoms with van der Waals surface area (Å²) in [6.45, 7) is 1.74. The van der Waals surface area contributed by atoms with Crippen LogP contribution in [0.2, 0.25) is 0 Å². The van der Waals surface area contributed by atoms with E-state index in [0.717, 1.165) is 19.1 Å². The van der Waals surface area contributed by atoms with Crippen molar-refractivity contribution in [2.45, 2.75) is 18.9 Å². The van der Waals surface area contributed by atoms with Gasteiger partial charge in [0.1, 0.15) is 5.82 Å². The summed E-state index contributed by atoms with van der Waals surface area (Å²) in [5.74, 6) is -0.224. The molecule has 1 saturated carbocycles. The van der Waals surface area contributed by atoms with Gasteiger partial charge in [-0.15, -0.1) is 0 Å². The van der Waals surface area contributed by atoms with Crippen molar-refractivity contribution >= 4 is 34.0 Å². The van der Waals surface area contributed by atoms with E-state index in [1.807, 2.05) is 22.6 Å². The zero-order chi connectivity index (χ0) is 12.4. The lowest BCUT2D eigenvalue weighted by atomic mass is 10.2. The minimum Gasteiger partial charge on any atom is -0.397 e. The van der Waals surface area contributed by atoms with Gasteiger partial charge >= 0.3 is 0 Å². The van der Waals surface area contributed by atoms with E-state index in [2.05, 4.69) is 17.3 Å². The maximum atomic E-state index is 13.4. The van der Waals surface area contributed by atoms with Crippen molar-refractivity contribution in [1.82, 2.24) is 4.90 Å². The second kappa shape index (κ2) is 5.39. The predicted molar refractivity (Wildman–Crippen MR) is 77.7 cm³/mol. The predicted octanol–water partition coefficient (Wildman–Crippen LogP) is 2.52. The van der Waals surface area contributed by atoms with Crippen molar-refractivity contribution in [2.24, 2.45) is 0 Å². The largest absolute Gasteiger partial charge is 0.397 e. The van der Waals surface area contributed by atoms with E-state index in [1.165, 1.54) is 18.9 Å². The highest BCUT2D eigenvalue weighted by Crippen LogP contribution is 2.26. The normalized spacial score (nSPS) is 15.3. The Morgan fingerprint density at radius 2 is 2.24 bits per heavy atom. The van der Waals surface area contributed by atoms with Crippen LogP contribution in [0.5, 0.6) is 0 Å². The summed E-state index contributed by atoms with van der Waals surface area (Å²) >= 11 is 1.94. The van der Waals surface area contributed by atoms with E-state index in [0.29, 0.717) is 14.9 Å². The number of nitrogens with zero attached hydrogens (tertiary/aromatic N) is 1. The van der Waals surface area contributed by atoms with Gasteiger partial charge in [-0.25, -0.2) is 4.39 Å². The number of halogens is 2. The number of nitrogens with one attached hydrogen (secondary N) is 1. The molecule has 0 aromatic heterocycles. The van der Waals surface area contributed by atoms with Crippen LogP contribution in [0.3, 0.4) is 0 Å². The van der Waals surface area contributed by atoms with Crippen LogP contribution in [0.1, 0.15) is 12.8 Å². The third-order valence-electron chi connectivity index (χ3n) is 3.04. The first kappa shape index (κ1) is 12.9.